The molecule has 2 heterocycles. The zero-order chi connectivity index (χ0) is 27.5. The Balaban J connectivity index is 1.23. The molecule has 0 aliphatic carbocycles. The van der Waals surface area contributed by atoms with Crippen molar-refractivity contribution >= 4 is 51.9 Å². The molecule has 5 rings (SSSR count). The second kappa shape index (κ2) is 11.4. The van der Waals surface area contributed by atoms with E-state index in [2.05, 4.69) is 5.32 Å². The molecule has 3 aromatic rings. The third kappa shape index (κ3) is 6.02. The largest absolute Gasteiger partial charge is 0.493 e. The van der Waals surface area contributed by atoms with Gasteiger partial charge in [0.1, 0.15) is 4.32 Å². The Morgan fingerprint density at radius 3 is 2.67 bits per heavy atom. The summed E-state index contributed by atoms with van der Waals surface area (Å²) in [6, 6.07) is 16.6. The molecule has 2 aliphatic rings. The maximum atomic E-state index is 13.1. The van der Waals surface area contributed by atoms with Crippen LogP contribution in [0.2, 0.25) is 0 Å². The number of thioether (sulfide) groups is 1. The molecule has 200 valence electrons. The maximum absolute atomic E-state index is 13.1. The predicted octanol–water partition coefficient (Wildman–Crippen LogP) is 5.46. The molecule has 1 fully saturated rings. The van der Waals surface area contributed by atoms with Crippen molar-refractivity contribution in [3.63, 3.8) is 0 Å². The topological polar surface area (TPSA) is 86.3 Å². The normalized spacial score (nSPS) is 15.2. The van der Waals surface area contributed by atoms with Gasteiger partial charge in [-0.3, -0.25) is 14.5 Å². The Morgan fingerprint density at radius 2 is 1.87 bits per heavy atom. The van der Waals surface area contributed by atoms with Gasteiger partial charge in [-0.25, -0.2) is 0 Å². The van der Waals surface area contributed by atoms with Gasteiger partial charge in [-0.1, -0.05) is 42.2 Å². The molecule has 2 amide bonds. The van der Waals surface area contributed by atoms with Gasteiger partial charge in [-0.15, -0.1) is 0 Å². The van der Waals surface area contributed by atoms with Gasteiger partial charge >= 0.3 is 0 Å². The number of anilines is 1. The Bertz CT molecular complexity index is 1500. The molecule has 0 aromatic heterocycles. The molecule has 39 heavy (non-hydrogen) atoms. The lowest BCUT2D eigenvalue weighted by molar-refractivity contribution is -0.122. The molecule has 3 aromatic carbocycles. The highest BCUT2D eigenvalue weighted by atomic mass is 32.2. The van der Waals surface area contributed by atoms with E-state index in [1.807, 2.05) is 50.2 Å². The molecule has 0 radical (unpaired) electrons. The van der Waals surface area contributed by atoms with Crippen LogP contribution in [0.25, 0.3) is 6.08 Å². The van der Waals surface area contributed by atoms with Crippen molar-refractivity contribution in [1.82, 2.24) is 4.90 Å². The van der Waals surface area contributed by atoms with E-state index in [1.54, 1.807) is 29.2 Å². The van der Waals surface area contributed by atoms with Crippen LogP contribution in [0, 0.1) is 13.8 Å². The van der Waals surface area contributed by atoms with Gasteiger partial charge in [0.15, 0.2) is 29.6 Å². The standard InChI is InChI=1S/C29H26N2O6S2/c1-17-4-7-21(10-18(17)2)30-27(32)15-35-22-8-5-19(11-24(22)34-3)13-26-28(33)31(29(38)39-26)14-20-6-9-23-25(12-20)37-16-36-23/h4-13H,14-16H2,1-3H3,(H,30,32)/b26-13-. The van der Waals surface area contributed by atoms with E-state index >= 15 is 0 Å². The average Bonchev–Trinajstić information content (AvgIpc) is 3.49. The Hall–Kier alpha value is -4.02. The van der Waals surface area contributed by atoms with Crippen molar-refractivity contribution in [3.8, 4) is 23.0 Å². The number of hydrogen-bond donors (Lipinski definition) is 1. The van der Waals surface area contributed by atoms with Crippen LogP contribution in [0.3, 0.4) is 0 Å². The number of nitrogens with one attached hydrogen (secondary N) is 1. The highest BCUT2D eigenvalue weighted by Gasteiger charge is 2.32. The van der Waals surface area contributed by atoms with Crippen molar-refractivity contribution < 1.29 is 28.5 Å². The SMILES string of the molecule is COc1cc(/C=C2\SC(=S)N(Cc3ccc4c(c3)OCO4)C2=O)ccc1OCC(=O)Nc1ccc(C)c(C)c1. The maximum Gasteiger partial charge on any atom is 0.266 e. The first-order chi connectivity index (χ1) is 18.8. The molecule has 1 saturated heterocycles. The second-order valence-corrected chi connectivity index (χ2v) is 10.7. The Morgan fingerprint density at radius 1 is 1.05 bits per heavy atom. The van der Waals surface area contributed by atoms with E-state index in [9.17, 15) is 9.59 Å². The summed E-state index contributed by atoms with van der Waals surface area (Å²) < 4.78 is 22.5. The summed E-state index contributed by atoms with van der Waals surface area (Å²) in [6.07, 6.45) is 1.76. The molecule has 10 heteroatoms. The number of thiocarbonyl (C=S) groups is 1. The number of aryl methyl sites for hydroxylation is 2. The first-order valence-electron chi connectivity index (χ1n) is 12.1. The van der Waals surface area contributed by atoms with Crippen LogP contribution < -0.4 is 24.3 Å². The van der Waals surface area contributed by atoms with Crippen molar-refractivity contribution in [2.75, 3.05) is 25.8 Å². The minimum absolute atomic E-state index is 0.176. The lowest BCUT2D eigenvalue weighted by atomic mass is 10.1. The van der Waals surface area contributed by atoms with Crippen LogP contribution >= 0.6 is 24.0 Å². The molecule has 2 aliphatic heterocycles. The van der Waals surface area contributed by atoms with Crippen molar-refractivity contribution in [3.05, 3.63) is 81.8 Å². The highest BCUT2D eigenvalue weighted by molar-refractivity contribution is 8.26. The summed E-state index contributed by atoms with van der Waals surface area (Å²) in [5.41, 5.74) is 4.59. The van der Waals surface area contributed by atoms with Gasteiger partial charge in [0.05, 0.1) is 18.6 Å². The fraction of sp³-hybridized carbons (Fsp3) is 0.207. The number of nitrogens with zero attached hydrogens (tertiary/aromatic N) is 1. The summed E-state index contributed by atoms with van der Waals surface area (Å²) in [4.78, 5) is 27.6. The molecule has 0 bridgehead atoms. The van der Waals surface area contributed by atoms with E-state index in [4.69, 9.17) is 31.2 Å². The summed E-state index contributed by atoms with van der Waals surface area (Å²) >= 11 is 6.73. The van der Waals surface area contributed by atoms with E-state index in [1.165, 1.54) is 18.9 Å². The third-order valence-corrected chi connectivity index (χ3v) is 7.66. The van der Waals surface area contributed by atoms with E-state index in [0.29, 0.717) is 44.5 Å². The van der Waals surface area contributed by atoms with Crippen LogP contribution in [0.4, 0.5) is 5.69 Å². The van der Waals surface area contributed by atoms with Gasteiger partial charge in [0, 0.05) is 5.69 Å². The second-order valence-electron chi connectivity index (χ2n) is 9.00. The fourth-order valence-electron chi connectivity index (χ4n) is 4.06. The first-order valence-corrected chi connectivity index (χ1v) is 13.3. The highest BCUT2D eigenvalue weighted by Crippen LogP contribution is 2.37. The number of carbonyl (C=O) groups is 2. The minimum atomic E-state index is -0.282. The minimum Gasteiger partial charge on any atom is -0.493 e. The fourth-order valence-corrected chi connectivity index (χ4v) is 5.32. The number of ether oxygens (including phenoxy) is 4. The summed E-state index contributed by atoms with van der Waals surface area (Å²) in [5.74, 6) is 1.75. The molecule has 0 saturated carbocycles. The van der Waals surface area contributed by atoms with Crippen LogP contribution in [-0.2, 0) is 16.1 Å². The van der Waals surface area contributed by atoms with E-state index in [0.717, 1.165) is 22.3 Å². The van der Waals surface area contributed by atoms with Crippen LogP contribution in [0.15, 0.2) is 59.5 Å². The molecule has 8 nitrogen and oxygen atoms in total. The summed E-state index contributed by atoms with van der Waals surface area (Å²) in [7, 11) is 1.52. The van der Waals surface area contributed by atoms with Crippen molar-refractivity contribution in [2.24, 2.45) is 0 Å². The van der Waals surface area contributed by atoms with Crippen LogP contribution in [0.1, 0.15) is 22.3 Å². The zero-order valence-corrected chi connectivity index (χ0v) is 23.2. The molecule has 0 unspecified atom stereocenters. The van der Waals surface area contributed by atoms with E-state index in [-0.39, 0.29) is 25.2 Å². The van der Waals surface area contributed by atoms with Crippen LogP contribution in [0.5, 0.6) is 23.0 Å². The van der Waals surface area contributed by atoms with Gasteiger partial charge in [-0.2, -0.15) is 0 Å². The van der Waals surface area contributed by atoms with Gasteiger partial charge in [0.25, 0.3) is 11.8 Å². The number of fused-ring (bicyclic) bond motifs is 1. The average molecular weight is 563 g/mol. The molecular weight excluding hydrogens is 536 g/mol. The Labute approximate surface area is 235 Å². The monoisotopic (exact) mass is 562 g/mol. The third-order valence-electron chi connectivity index (χ3n) is 6.29. The summed E-state index contributed by atoms with van der Waals surface area (Å²) in [6.45, 7) is 4.35. The molecule has 0 spiro atoms. The van der Waals surface area contributed by atoms with Crippen molar-refractivity contribution in [2.45, 2.75) is 20.4 Å². The zero-order valence-electron chi connectivity index (χ0n) is 21.6. The quantitative estimate of drug-likeness (QED) is 0.286. The van der Waals surface area contributed by atoms with Gasteiger partial charge < -0.3 is 24.3 Å². The number of hydrogen-bond acceptors (Lipinski definition) is 8. The predicted molar refractivity (Wildman–Crippen MR) is 154 cm³/mol. The summed E-state index contributed by atoms with van der Waals surface area (Å²) in [5, 5.41) is 2.84. The Kier molecular flexibility index (Phi) is 7.76. The van der Waals surface area contributed by atoms with E-state index < -0.39 is 0 Å². The molecular formula is C29H26N2O6S2. The number of carbonyl (C=O) groups excluding carboxylic acids is 2. The molecule has 0 atom stereocenters. The lowest BCUT2D eigenvalue weighted by Gasteiger charge is -2.14. The number of methoxy groups -OCH3 is 1. The smallest absolute Gasteiger partial charge is 0.266 e. The number of amides is 2. The number of rotatable bonds is 8. The first kappa shape index (κ1) is 26.6. The van der Waals surface area contributed by atoms with Gasteiger partial charge in [0.2, 0.25) is 6.79 Å². The van der Waals surface area contributed by atoms with Crippen LogP contribution in [-0.4, -0.2) is 41.5 Å². The molecule has 1 N–H and O–H groups in total. The van der Waals surface area contributed by atoms with Crippen molar-refractivity contribution in [1.29, 1.82) is 0 Å². The number of benzene rings is 3. The lowest BCUT2D eigenvalue weighted by Crippen LogP contribution is -2.27. The van der Waals surface area contributed by atoms with Gasteiger partial charge in [-0.05, 0) is 78.6 Å².